The van der Waals surface area contributed by atoms with Crippen molar-refractivity contribution >= 4 is 17.7 Å². The molecule has 6 heteroatoms. The second-order valence-corrected chi connectivity index (χ2v) is 7.76. The van der Waals surface area contributed by atoms with Gasteiger partial charge in [-0.15, -0.1) is 0 Å². The molecule has 0 fully saturated rings. The Balaban J connectivity index is 1.94. The topological polar surface area (TPSA) is 76.7 Å². The lowest BCUT2D eigenvalue weighted by Crippen LogP contribution is -2.45. The van der Waals surface area contributed by atoms with E-state index in [1.807, 2.05) is 54.6 Å². The largest absolute Gasteiger partial charge is 0.494 e. The van der Waals surface area contributed by atoms with E-state index in [-0.39, 0.29) is 12.1 Å². The Bertz CT molecular complexity index is 920. The summed E-state index contributed by atoms with van der Waals surface area (Å²) in [6.45, 7) is 6.42. The molecule has 0 radical (unpaired) electrons. The van der Waals surface area contributed by atoms with E-state index in [1.165, 1.54) is 0 Å². The predicted molar refractivity (Wildman–Crippen MR) is 120 cm³/mol. The molecule has 1 atom stereocenters. The number of benzene rings is 2. The van der Waals surface area contributed by atoms with Gasteiger partial charge >= 0.3 is 12.0 Å². The third-order valence-corrected chi connectivity index (χ3v) is 4.93. The van der Waals surface area contributed by atoms with Gasteiger partial charge in [0.15, 0.2) is 0 Å². The molecular weight excluding hydrogens is 392 g/mol. The molecule has 1 aliphatic rings. The van der Waals surface area contributed by atoms with Crippen molar-refractivity contribution in [1.82, 2.24) is 10.6 Å². The molecule has 164 valence electrons. The number of hydrogen-bond donors (Lipinski definition) is 2. The molecule has 3 rings (SSSR count). The highest BCUT2D eigenvalue weighted by Crippen LogP contribution is 2.33. The fourth-order valence-corrected chi connectivity index (χ4v) is 3.44. The van der Waals surface area contributed by atoms with Crippen LogP contribution in [0.5, 0.6) is 5.75 Å². The highest BCUT2D eigenvalue weighted by atomic mass is 16.5. The van der Waals surface area contributed by atoms with Gasteiger partial charge in [0.05, 0.1) is 30.0 Å². The SMILES string of the molecule is CCCCCOc1ccc(C2NC(=O)NC(c3ccccc3)=C2C(=O)OC(C)C)cc1. The number of carbonyl (C=O) groups is 2. The Morgan fingerprint density at radius 1 is 1.03 bits per heavy atom. The Hall–Kier alpha value is -3.28. The monoisotopic (exact) mass is 422 g/mol. The van der Waals surface area contributed by atoms with Crippen molar-refractivity contribution in [3.8, 4) is 5.75 Å². The van der Waals surface area contributed by atoms with E-state index in [0.717, 1.165) is 36.1 Å². The van der Waals surface area contributed by atoms with Crippen LogP contribution in [0.3, 0.4) is 0 Å². The van der Waals surface area contributed by atoms with Crippen molar-refractivity contribution in [2.75, 3.05) is 6.61 Å². The second-order valence-electron chi connectivity index (χ2n) is 7.76. The summed E-state index contributed by atoms with van der Waals surface area (Å²) >= 11 is 0. The first-order valence-corrected chi connectivity index (χ1v) is 10.8. The summed E-state index contributed by atoms with van der Waals surface area (Å²) in [5, 5.41) is 5.66. The van der Waals surface area contributed by atoms with Crippen molar-refractivity contribution in [1.29, 1.82) is 0 Å². The lowest BCUT2D eigenvalue weighted by atomic mass is 9.92. The van der Waals surface area contributed by atoms with Crippen LogP contribution < -0.4 is 15.4 Å². The van der Waals surface area contributed by atoms with Gasteiger partial charge in [-0.2, -0.15) is 0 Å². The number of amides is 2. The predicted octanol–water partition coefficient (Wildman–Crippen LogP) is 4.97. The minimum atomic E-state index is -0.635. The summed E-state index contributed by atoms with van der Waals surface area (Å²) < 4.78 is 11.3. The van der Waals surface area contributed by atoms with Crippen molar-refractivity contribution in [3.63, 3.8) is 0 Å². The van der Waals surface area contributed by atoms with E-state index in [9.17, 15) is 9.59 Å². The molecule has 0 aromatic heterocycles. The van der Waals surface area contributed by atoms with Crippen LogP contribution in [-0.4, -0.2) is 24.7 Å². The Labute approximate surface area is 183 Å². The molecular formula is C25H30N2O4. The molecule has 1 unspecified atom stereocenters. The third-order valence-electron chi connectivity index (χ3n) is 4.93. The molecule has 2 aromatic carbocycles. The number of rotatable bonds is 9. The fraction of sp³-hybridized carbons (Fsp3) is 0.360. The van der Waals surface area contributed by atoms with Crippen molar-refractivity contribution < 1.29 is 19.1 Å². The van der Waals surface area contributed by atoms with Crippen molar-refractivity contribution in [2.45, 2.75) is 52.2 Å². The van der Waals surface area contributed by atoms with Gasteiger partial charge < -0.3 is 20.1 Å². The van der Waals surface area contributed by atoms with Crippen LogP contribution in [0.15, 0.2) is 60.2 Å². The summed E-state index contributed by atoms with van der Waals surface area (Å²) in [4.78, 5) is 25.5. The zero-order valence-corrected chi connectivity index (χ0v) is 18.3. The normalized spacial score (nSPS) is 16.0. The minimum Gasteiger partial charge on any atom is -0.494 e. The van der Waals surface area contributed by atoms with Crippen molar-refractivity contribution in [3.05, 3.63) is 71.3 Å². The molecule has 0 saturated carbocycles. The van der Waals surface area contributed by atoms with Crippen LogP contribution >= 0.6 is 0 Å². The lowest BCUT2D eigenvalue weighted by molar-refractivity contribution is -0.143. The van der Waals surface area contributed by atoms with E-state index in [0.29, 0.717) is 17.9 Å². The number of urea groups is 1. The molecule has 2 aromatic rings. The number of ether oxygens (including phenoxy) is 2. The molecule has 1 aliphatic heterocycles. The minimum absolute atomic E-state index is 0.283. The standard InChI is InChI=1S/C25H30N2O4/c1-4-5-9-16-30-20-14-12-19(13-15-20)23-21(24(28)31-17(2)3)22(26-25(29)27-23)18-10-7-6-8-11-18/h6-8,10-15,17,23H,4-5,9,16H2,1-3H3,(H2,26,27,29). The smallest absolute Gasteiger partial charge is 0.338 e. The number of unbranched alkanes of at least 4 members (excludes halogenated alkanes) is 2. The maximum atomic E-state index is 13.1. The van der Waals surface area contributed by atoms with Crippen LogP contribution in [0, 0.1) is 0 Å². The van der Waals surface area contributed by atoms with E-state index >= 15 is 0 Å². The van der Waals surface area contributed by atoms with Crippen LogP contribution in [0.1, 0.15) is 57.2 Å². The van der Waals surface area contributed by atoms with E-state index in [4.69, 9.17) is 9.47 Å². The Morgan fingerprint density at radius 2 is 1.74 bits per heavy atom. The molecule has 1 heterocycles. The van der Waals surface area contributed by atoms with Gasteiger partial charge in [-0.3, -0.25) is 0 Å². The maximum Gasteiger partial charge on any atom is 0.338 e. The molecule has 6 nitrogen and oxygen atoms in total. The molecule has 0 aliphatic carbocycles. The summed E-state index contributed by atoms with van der Waals surface area (Å²) in [6, 6.07) is 15.8. The summed E-state index contributed by atoms with van der Waals surface area (Å²) in [6.07, 6.45) is 3.00. The zero-order valence-electron chi connectivity index (χ0n) is 18.3. The van der Waals surface area contributed by atoms with Gasteiger partial charge in [0.2, 0.25) is 0 Å². The zero-order chi connectivity index (χ0) is 22.2. The average Bonchev–Trinajstić information content (AvgIpc) is 2.76. The van der Waals surface area contributed by atoms with Crippen molar-refractivity contribution in [2.24, 2.45) is 0 Å². The number of esters is 1. The van der Waals surface area contributed by atoms with Gasteiger partial charge in [-0.05, 0) is 43.5 Å². The van der Waals surface area contributed by atoms with Crippen LogP contribution in [0.4, 0.5) is 4.79 Å². The first-order valence-electron chi connectivity index (χ1n) is 10.8. The van der Waals surface area contributed by atoms with Gasteiger partial charge in [-0.25, -0.2) is 9.59 Å². The molecule has 0 spiro atoms. The average molecular weight is 423 g/mol. The highest BCUT2D eigenvalue weighted by molar-refractivity contribution is 6.04. The fourth-order valence-electron chi connectivity index (χ4n) is 3.44. The van der Waals surface area contributed by atoms with Gasteiger partial charge in [0.1, 0.15) is 5.75 Å². The van der Waals surface area contributed by atoms with Gasteiger partial charge in [0, 0.05) is 0 Å². The molecule has 0 saturated heterocycles. The molecule has 2 amide bonds. The highest BCUT2D eigenvalue weighted by Gasteiger charge is 2.34. The number of carbonyl (C=O) groups excluding carboxylic acids is 2. The van der Waals surface area contributed by atoms with Crippen LogP contribution in [0.25, 0.3) is 5.70 Å². The van der Waals surface area contributed by atoms with Crippen LogP contribution in [-0.2, 0) is 9.53 Å². The van der Waals surface area contributed by atoms with Gasteiger partial charge in [-0.1, -0.05) is 62.2 Å². The lowest BCUT2D eigenvalue weighted by Gasteiger charge is -2.30. The van der Waals surface area contributed by atoms with E-state index < -0.39 is 12.0 Å². The number of hydrogen-bond acceptors (Lipinski definition) is 4. The van der Waals surface area contributed by atoms with Gasteiger partial charge in [0.25, 0.3) is 0 Å². The molecule has 0 bridgehead atoms. The quantitative estimate of drug-likeness (QED) is 0.442. The maximum absolute atomic E-state index is 13.1. The van der Waals surface area contributed by atoms with Crippen LogP contribution in [0.2, 0.25) is 0 Å². The first-order chi connectivity index (χ1) is 15.0. The van der Waals surface area contributed by atoms with E-state index in [1.54, 1.807) is 13.8 Å². The van der Waals surface area contributed by atoms with E-state index in [2.05, 4.69) is 17.6 Å². The summed E-state index contributed by atoms with van der Waals surface area (Å²) in [5.74, 6) is 0.296. The third kappa shape index (κ3) is 5.87. The summed E-state index contributed by atoms with van der Waals surface area (Å²) in [7, 11) is 0. The molecule has 31 heavy (non-hydrogen) atoms. The number of nitrogens with one attached hydrogen (secondary N) is 2. The summed E-state index contributed by atoms with van der Waals surface area (Å²) in [5.41, 5.74) is 2.35. The molecule has 2 N–H and O–H groups in total. The first kappa shape index (κ1) is 22.4. The second kappa shape index (κ2) is 10.7. The Morgan fingerprint density at radius 3 is 2.39 bits per heavy atom. The Kier molecular flexibility index (Phi) is 7.70.